The van der Waals surface area contributed by atoms with Crippen LogP contribution in [0.2, 0.25) is 0 Å². The lowest BCUT2D eigenvalue weighted by atomic mass is 10.1. The maximum Gasteiger partial charge on any atom is 0.267 e. The molecule has 0 spiro atoms. The Hall–Kier alpha value is -2.05. The minimum Gasteiger partial charge on any atom is -0.506 e. The molecule has 0 saturated heterocycles. The lowest BCUT2D eigenvalue weighted by molar-refractivity contribution is 0.0949. The van der Waals surface area contributed by atoms with Gasteiger partial charge in [-0.25, -0.2) is 0 Å². The van der Waals surface area contributed by atoms with Gasteiger partial charge in [0.1, 0.15) is 11.3 Å². The van der Waals surface area contributed by atoms with Crippen LogP contribution in [0.3, 0.4) is 0 Å². The highest BCUT2D eigenvalue weighted by atomic mass is 35.5. The highest BCUT2D eigenvalue weighted by Crippen LogP contribution is 2.25. The van der Waals surface area contributed by atoms with Gasteiger partial charge in [-0.3, -0.25) is 9.59 Å². The van der Waals surface area contributed by atoms with Crippen LogP contribution in [-0.4, -0.2) is 35.2 Å². The Bertz CT molecular complexity index is 728. The fourth-order valence-electron chi connectivity index (χ4n) is 2.21. The Morgan fingerprint density at radius 2 is 1.95 bits per heavy atom. The molecule has 0 unspecified atom stereocenters. The number of rotatable bonds is 5. The number of hydrogen-bond donors (Lipinski definition) is 3. The third kappa shape index (κ3) is 3.40. The molecule has 2 aromatic rings. The van der Waals surface area contributed by atoms with Gasteiger partial charge < -0.3 is 20.3 Å². The van der Waals surface area contributed by atoms with E-state index in [9.17, 15) is 14.7 Å². The number of aryl methyl sites for hydroxylation is 1. The van der Waals surface area contributed by atoms with E-state index in [1.54, 1.807) is 31.3 Å². The zero-order chi connectivity index (χ0) is 15.4. The number of likely N-dealkylation sites (N-methyl/N-ethyl adjacent to an activating group) is 1. The van der Waals surface area contributed by atoms with Gasteiger partial charge in [-0.1, -0.05) is 19.1 Å². The van der Waals surface area contributed by atoms with E-state index in [4.69, 9.17) is 0 Å². The summed E-state index contributed by atoms with van der Waals surface area (Å²) in [5.74, 6) is -0.827. The number of aromatic hydroxyl groups is 1. The van der Waals surface area contributed by atoms with Crippen molar-refractivity contribution in [2.75, 3.05) is 19.6 Å². The van der Waals surface area contributed by atoms with Crippen molar-refractivity contribution in [1.29, 1.82) is 0 Å². The monoisotopic (exact) mass is 325 g/mol. The summed E-state index contributed by atoms with van der Waals surface area (Å²) >= 11 is 0. The third-order valence-corrected chi connectivity index (χ3v) is 3.34. The number of carbonyl (C=O) groups is 1. The Morgan fingerprint density at radius 1 is 1.27 bits per heavy atom. The van der Waals surface area contributed by atoms with E-state index < -0.39 is 11.5 Å². The second-order valence-corrected chi connectivity index (χ2v) is 4.71. The second kappa shape index (κ2) is 7.82. The summed E-state index contributed by atoms with van der Waals surface area (Å²) < 4.78 is 1.37. The van der Waals surface area contributed by atoms with Crippen molar-refractivity contribution in [3.63, 3.8) is 0 Å². The van der Waals surface area contributed by atoms with E-state index in [0.29, 0.717) is 24.0 Å². The lowest BCUT2D eigenvalue weighted by Gasteiger charge is -2.12. The second-order valence-electron chi connectivity index (χ2n) is 4.71. The number of para-hydroxylation sites is 1. The Kier molecular flexibility index (Phi) is 6.39. The summed E-state index contributed by atoms with van der Waals surface area (Å²) in [6.07, 6.45) is 0. The molecule has 1 heterocycles. The number of pyridine rings is 1. The van der Waals surface area contributed by atoms with Crippen molar-refractivity contribution in [3.8, 4) is 5.75 Å². The van der Waals surface area contributed by atoms with Gasteiger partial charge in [-0.05, 0) is 18.7 Å². The smallest absolute Gasteiger partial charge is 0.267 e. The van der Waals surface area contributed by atoms with Crippen LogP contribution < -0.4 is 16.2 Å². The summed E-state index contributed by atoms with van der Waals surface area (Å²) in [4.78, 5) is 24.4. The Labute approximate surface area is 134 Å². The van der Waals surface area contributed by atoms with Crippen molar-refractivity contribution < 1.29 is 9.90 Å². The van der Waals surface area contributed by atoms with Gasteiger partial charge in [-0.2, -0.15) is 0 Å². The van der Waals surface area contributed by atoms with Gasteiger partial charge in [0.2, 0.25) is 0 Å². The number of nitrogens with one attached hydrogen (secondary N) is 2. The number of hydrogen-bond acceptors (Lipinski definition) is 4. The van der Waals surface area contributed by atoms with Gasteiger partial charge >= 0.3 is 0 Å². The van der Waals surface area contributed by atoms with Gasteiger partial charge in [0, 0.05) is 25.5 Å². The van der Waals surface area contributed by atoms with Crippen LogP contribution in [0.15, 0.2) is 29.1 Å². The Balaban J connectivity index is 0.00000242. The lowest BCUT2D eigenvalue weighted by Crippen LogP contribution is -2.36. The number of nitrogens with zero attached hydrogens (tertiary/aromatic N) is 1. The van der Waals surface area contributed by atoms with Crippen LogP contribution >= 0.6 is 12.4 Å². The summed E-state index contributed by atoms with van der Waals surface area (Å²) in [5, 5.41) is 16.4. The number of fused-ring (bicyclic) bond motifs is 1. The molecule has 0 aliphatic rings. The van der Waals surface area contributed by atoms with Crippen LogP contribution in [0.1, 0.15) is 17.3 Å². The van der Waals surface area contributed by atoms with Crippen molar-refractivity contribution in [2.45, 2.75) is 6.92 Å². The van der Waals surface area contributed by atoms with Crippen molar-refractivity contribution >= 4 is 29.2 Å². The molecule has 1 aromatic heterocycles. The molecule has 0 fully saturated rings. The molecule has 0 aliphatic heterocycles. The minimum absolute atomic E-state index is 0. The molecule has 2 rings (SSSR count). The standard InChI is InChI=1S/C15H19N3O3.ClH/c1-3-16-8-9-17-14(20)12-13(19)10-6-4-5-7-11(10)18(2)15(12)21;/h4-7,16,19H,3,8-9H2,1-2H3,(H,17,20);1H. The van der Waals surface area contributed by atoms with Crippen LogP contribution in [0.5, 0.6) is 5.75 Å². The summed E-state index contributed by atoms with van der Waals surface area (Å²) in [5.41, 5.74) is -0.135. The van der Waals surface area contributed by atoms with Crippen molar-refractivity contribution in [2.24, 2.45) is 7.05 Å². The van der Waals surface area contributed by atoms with Crippen molar-refractivity contribution in [1.82, 2.24) is 15.2 Å². The molecule has 3 N–H and O–H groups in total. The van der Waals surface area contributed by atoms with Crippen LogP contribution in [0, 0.1) is 0 Å². The first-order valence-corrected chi connectivity index (χ1v) is 6.87. The fraction of sp³-hybridized carbons (Fsp3) is 0.333. The van der Waals surface area contributed by atoms with Gasteiger partial charge in [0.25, 0.3) is 11.5 Å². The number of benzene rings is 1. The molecule has 1 aromatic carbocycles. The van der Waals surface area contributed by atoms with E-state index in [2.05, 4.69) is 10.6 Å². The molecule has 0 bridgehead atoms. The highest BCUT2D eigenvalue weighted by Gasteiger charge is 2.20. The highest BCUT2D eigenvalue weighted by molar-refractivity contribution is 6.02. The molecule has 0 aliphatic carbocycles. The number of amides is 1. The molecule has 22 heavy (non-hydrogen) atoms. The van der Waals surface area contributed by atoms with Crippen LogP contribution in [-0.2, 0) is 7.05 Å². The first kappa shape index (κ1) is 18.0. The first-order chi connectivity index (χ1) is 10.1. The van der Waals surface area contributed by atoms with Crippen LogP contribution in [0.4, 0.5) is 0 Å². The number of aromatic nitrogens is 1. The summed E-state index contributed by atoms with van der Waals surface area (Å²) in [6.45, 7) is 3.77. The predicted molar refractivity (Wildman–Crippen MR) is 89.0 cm³/mol. The molecule has 1 amide bonds. The molecule has 0 atom stereocenters. The van der Waals surface area contributed by atoms with E-state index >= 15 is 0 Å². The molecule has 0 saturated carbocycles. The van der Waals surface area contributed by atoms with Gasteiger partial charge in [-0.15, -0.1) is 12.4 Å². The molecular formula is C15H20ClN3O3. The molecule has 6 nitrogen and oxygen atoms in total. The summed E-state index contributed by atoms with van der Waals surface area (Å²) in [7, 11) is 1.58. The topological polar surface area (TPSA) is 83.4 Å². The van der Waals surface area contributed by atoms with Gasteiger partial charge in [0.05, 0.1) is 5.52 Å². The van der Waals surface area contributed by atoms with Crippen LogP contribution in [0.25, 0.3) is 10.9 Å². The fourth-order valence-corrected chi connectivity index (χ4v) is 2.21. The Morgan fingerprint density at radius 3 is 2.64 bits per heavy atom. The SMILES string of the molecule is CCNCCNC(=O)c1c(O)c2ccccc2n(C)c1=O.Cl. The van der Waals surface area contributed by atoms with E-state index in [0.717, 1.165) is 6.54 Å². The molecule has 120 valence electrons. The largest absolute Gasteiger partial charge is 0.506 e. The van der Waals surface area contributed by atoms with E-state index in [-0.39, 0.29) is 23.7 Å². The van der Waals surface area contributed by atoms with Gasteiger partial charge in [0.15, 0.2) is 0 Å². The zero-order valence-electron chi connectivity index (χ0n) is 12.5. The maximum atomic E-state index is 12.3. The maximum absolute atomic E-state index is 12.3. The predicted octanol–water partition coefficient (Wildman–Crippen LogP) is 1.01. The third-order valence-electron chi connectivity index (χ3n) is 3.34. The molecular weight excluding hydrogens is 306 g/mol. The number of halogens is 1. The number of carbonyl (C=O) groups excluding carboxylic acids is 1. The van der Waals surface area contributed by atoms with E-state index in [1.165, 1.54) is 4.57 Å². The van der Waals surface area contributed by atoms with E-state index in [1.807, 2.05) is 6.92 Å². The minimum atomic E-state index is -0.559. The molecule has 7 heteroatoms. The quantitative estimate of drug-likeness (QED) is 0.716. The van der Waals surface area contributed by atoms with Crippen molar-refractivity contribution in [3.05, 3.63) is 40.2 Å². The average Bonchev–Trinajstić information content (AvgIpc) is 2.49. The molecule has 0 radical (unpaired) electrons. The normalized spacial score (nSPS) is 10.3. The first-order valence-electron chi connectivity index (χ1n) is 6.87. The average molecular weight is 326 g/mol. The zero-order valence-corrected chi connectivity index (χ0v) is 13.4. The summed E-state index contributed by atoms with van der Waals surface area (Å²) in [6, 6.07) is 6.93.